The van der Waals surface area contributed by atoms with Crippen molar-refractivity contribution < 1.29 is 18.6 Å². The standard InChI is InChI=1S/C36H27IO5/c37-33-30(39-22-25-13-5-1-6-14-25)21-29-32(35(33)40-23-26-15-7-2-8-16-26)34(38)31(28-19-11-4-12-20-28)36(42-29)41-24-27-17-9-3-10-18-27/h1-21H,22-24H2. The Morgan fingerprint density at radius 1 is 0.595 bits per heavy atom. The van der Waals surface area contributed by atoms with E-state index >= 15 is 0 Å². The van der Waals surface area contributed by atoms with Gasteiger partial charge in [-0.3, -0.25) is 4.79 Å². The van der Waals surface area contributed by atoms with Crippen LogP contribution in [-0.4, -0.2) is 0 Å². The number of hydrogen-bond acceptors (Lipinski definition) is 5. The summed E-state index contributed by atoms with van der Waals surface area (Å²) in [5, 5.41) is 0.341. The van der Waals surface area contributed by atoms with E-state index in [1.54, 1.807) is 6.07 Å². The first-order valence-corrected chi connectivity index (χ1v) is 14.6. The molecule has 5 aromatic carbocycles. The zero-order valence-corrected chi connectivity index (χ0v) is 24.8. The minimum absolute atomic E-state index is 0.145. The Kier molecular flexibility index (Phi) is 8.51. The van der Waals surface area contributed by atoms with Crippen LogP contribution < -0.4 is 19.6 Å². The topological polar surface area (TPSA) is 57.9 Å². The van der Waals surface area contributed by atoms with Crippen molar-refractivity contribution in [1.29, 1.82) is 0 Å². The summed E-state index contributed by atoms with van der Waals surface area (Å²) >= 11 is 2.19. The molecular formula is C36H27IO5. The Balaban J connectivity index is 1.49. The van der Waals surface area contributed by atoms with E-state index in [1.165, 1.54) is 0 Å². The molecule has 0 bridgehead atoms. The summed E-state index contributed by atoms with van der Waals surface area (Å²) in [4.78, 5) is 14.4. The van der Waals surface area contributed by atoms with Crippen molar-refractivity contribution in [3.8, 4) is 28.6 Å². The van der Waals surface area contributed by atoms with Gasteiger partial charge < -0.3 is 18.6 Å². The fourth-order valence-electron chi connectivity index (χ4n) is 4.64. The lowest BCUT2D eigenvalue weighted by Crippen LogP contribution is -2.12. The molecule has 6 aromatic rings. The van der Waals surface area contributed by atoms with Crippen LogP contribution in [-0.2, 0) is 19.8 Å². The van der Waals surface area contributed by atoms with Crippen LogP contribution in [0.2, 0.25) is 0 Å². The molecule has 0 atom stereocenters. The van der Waals surface area contributed by atoms with E-state index in [0.29, 0.717) is 43.8 Å². The molecule has 0 saturated carbocycles. The number of hydrogen-bond donors (Lipinski definition) is 0. The summed E-state index contributed by atoms with van der Waals surface area (Å²) in [7, 11) is 0. The number of benzene rings is 5. The summed E-state index contributed by atoms with van der Waals surface area (Å²) in [5.74, 6) is 1.12. The van der Waals surface area contributed by atoms with Gasteiger partial charge in [-0.15, -0.1) is 0 Å². The van der Waals surface area contributed by atoms with E-state index in [-0.39, 0.29) is 24.6 Å². The minimum Gasteiger partial charge on any atom is -0.488 e. The monoisotopic (exact) mass is 666 g/mol. The maximum atomic E-state index is 14.4. The Morgan fingerprint density at radius 3 is 1.62 bits per heavy atom. The third kappa shape index (κ3) is 6.19. The van der Waals surface area contributed by atoms with E-state index < -0.39 is 0 Å². The third-order valence-corrected chi connectivity index (χ3v) is 7.77. The van der Waals surface area contributed by atoms with Crippen LogP contribution in [0.3, 0.4) is 0 Å². The van der Waals surface area contributed by atoms with Crippen LogP contribution in [0.4, 0.5) is 0 Å². The molecule has 0 radical (unpaired) electrons. The quantitative estimate of drug-likeness (QED) is 0.137. The predicted octanol–water partition coefficient (Wildman–Crippen LogP) is 8.80. The average Bonchev–Trinajstić information content (AvgIpc) is 3.04. The van der Waals surface area contributed by atoms with E-state index in [0.717, 1.165) is 16.7 Å². The summed E-state index contributed by atoms with van der Waals surface area (Å²) in [6.45, 7) is 0.874. The summed E-state index contributed by atoms with van der Waals surface area (Å²) in [6.07, 6.45) is 0. The molecule has 0 fully saturated rings. The van der Waals surface area contributed by atoms with Gasteiger partial charge in [-0.2, -0.15) is 0 Å². The summed E-state index contributed by atoms with van der Waals surface area (Å²) in [5.41, 5.74) is 4.10. The van der Waals surface area contributed by atoms with Gasteiger partial charge in [-0.1, -0.05) is 121 Å². The molecule has 42 heavy (non-hydrogen) atoms. The van der Waals surface area contributed by atoms with Crippen molar-refractivity contribution in [1.82, 2.24) is 0 Å². The van der Waals surface area contributed by atoms with Crippen molar-refractivity contribution in [2.45, 2.75) is 19.8 Å². The lowest BCUT2D eigenvalue weighted by molar-refractivity contribution is 0.236. The largest absolute Gasteiger partial charge is 0.488 e. The van der Waals surface area contributed by atoms with Crippen molar-refractivity contribution >= 4 is 33.6 Å². The smallest absolute Gasteiger partial charge is 0.297 e. The van der Waals surface area contributed by atoms with E-state index in [1.807, 2.05) is 121 Å². The van der Waals surface area contributed by atoms with Crippen LogP contribution >= 0.6 is 22.6 Å². The van der Waals surface area contributed by atoms with E-state index in [4.69, 9.17) is 18.6 Å². The average molecular weight is 667 g/mol. The van der Waals surface area contributed by atoms with Crippen molar-refractivity contribution in [3.63, 3.8) is 0 Å². The fraction of sp³-hybridized carbons (Fsp3) is 0.0833. The molecule has 0 amide bonds. The Hall–Kier alpha value is -4.56. The lowest BCUT2D eigenvalue weighted by atomic mass is 10.0. The van der Waals surface area contributed by atoms with Crippen LogP contribution in [0.25, 0.3) is 22.1 Å². The van der Waals surface area contributed by atoms with Crippen LogP contribution in [0.15, 0.2) is 137 Å². The Labute approximate surface area is 257 Å². The molecular weight excluding hydrogens is 639 g/mol. The second kappa shape index (κ2) is 13.0. The van der Waals surface area contributed by atoms with Gasteiger partial charge in [0, 0.05) is 6.07 Å². The maximum absolute atomic E-state index is 14.4. The van der Waals surface area contributed by atoms with Crippen molar-refractivity contribution in [2.75, 3.05) is 0 Å². The molecule has 0 saturated heterocycles. The first-order valence-electron chi connectivity index (χ1n) is 13.6. The molecule has 0 aliphatic carbocycles. The lowest BCUT2D eigenvalue weighted by Gasteiger charge is -2.17. The molecule has 1 heterocycles. The zero-order valence-electron chi connectivity index (χ0n) is 22.7. The van der Waals surface area contributed by atoms with E-state index in [9.17, 15) is 4.79 Å². The first-order chi connectivity index (χ1) is 20.7. The van der Waals surface area contributed by atoms with Gasteiger partial charge in [0.15, 0.2) is 5.75 Å². The highest BCUT2D eigenvalue weighted by molar-refractivity contribution is 14.1. The summed E-state index contributed by atoms with van der Waals surface area (Å²) < 4.78 is 25.9. The summed E-state index contributed by atoms with van der Waals surface area (Å²) in [6, 6.07) is 40.7. The third-order valence-electron chi connectivity index (χ3n) is 6.75. The highest BCUT2D eigenvalue weighted by Gasteiger charge is 2.25. The van der Waals surface area contributed by atoms with Crippen LogP contribution in [0.5, 0.6) is 17.4 Å². The zero-order chi connectivity index (χ0) is 28.7. The molecule has 0 unspecified atom stereocenters. The Bertz CT molecular complexity index is 1840. The van der Waals surface area contributed by atoms with Crippen LogP contribution in [0.1, 0.15) is 16.7 Å². The SMILES string of the molecule is O=c1c(-c2ccccc2)c(OCc2ccccc2)oc2cc(OCc3ccccc3)c(I)c(OCc3ccccc3)c12. The highest BCUT2D eigenvalue weighted by Crippen LogP contribution is 2.41. The molecule has 5 nitrogen and oxygen atoms in total. The molecule has 208 valence electrons. The van der Waals surface area contributed by atoms with Gasteiger partial charge in [0.1, 0.15) is 42.1 Å². The van der Waals surface area contributed by atoms with Crippen LogP contribution in [0, 0.1) is 3.57 Å². The molecule has 1 aromatic heterocycles. The van der Waals surface area contributed by atoms with Crippen molar-refractivity contribution in [2.24, 2.45) is 0 Å². The number of ether oxygens (including phenoxy) is 3. The number of rotatable bonds is 10. The normalized spacial score (nSPS) is 10.9. The van der Waals surface area contributed by atoms with Gasteiger partial charge in [-0.05, 0) is 44.8 Å². The molecule has 0 N–H and O–H groups in total. The van der Waals surface area contributed by atoms with Gasteiger partial charge >= 0.3 is 0 Å². The molecule has 0 spiro atoms. The van der Waals surface area contributed by atoms with Gasteiger partial charge in [0.05, 0.1) is 3.57 Å². The van der Waals surface area contributed by atoms with Gasteiger partial charge in [0.25, 0.3) is 5.95 Å². The maximum Gasteiger partial charge on any atom is 0.297 e. The van der Waals surface area contributed by atoms with Crippen molar-refractivity contribution in [3.05, 3.63) is 158 Å². The second-order valence-corrected chi connectivity index (χ2v) is 10.8. The molecule has 6 rings (SSSR count). The molecule has 6 heteroatoms. The second-order valence-electron chi connectivity index (χ2n) is 9.67. The number of halogens is 1. The molecule has 0 aliphatic rings. The number of fused-ring (bicyclic) bond motifs is 1. The predicted molar refractivity (Wildman–Crippen MR) is 173 cm³/mol. The highest BCUT2D eigenvalue weighted by atomic mass is 127. The van der Waals surface area contributed by atoms with Gasteiger partial charge in [0.2, 0.25) is 5.43 Å². The first kappa shape index (κ1) is 27.6. The van der Waals surface area contributed by atoms with E-state index in [2.05, 4.69) is 22.6 Å². The minimum atomic E-state index is -0.235. The van der Waals surface area contributed by atoms with Gasteiger partial charge in [-0.25, -0.2) is 0 Å². The Morgan fingerprint density at radius 2 is 1.07 bits per heavy atom. The fourth-order valence-corrected chi connectivity index (χ4v) is 5.37. The molecule has 0 aliphatic heterocycles.